The highest BCUT2D eigenvalue weighted by Crippen LogP contribution is 2.29. The molecule has 1 aromatic carbocycles. The molecule has 2 aromatic rings. The summed E-state index contributed by atoms with van der Waals surface area (Å²) in [7, 11) is 0. The maximum Gasteiger partial charge on any atom is 0.243 e. The van der Waals surface area contributed by atoms with Crippen molar-refractivity contribution in [1.82, 2.24) is 14.9 Å². The molecule has 6 nitrogen and oxygen atoms in total. The van der Waals surface area contributed by atoms with Crippen molar-refractivity contribution in [3.63, 3.8) is 0 Å². The number of amides is 1. The molecule has 1 aliphatic heterocycles. The van der Waals surface area contributed by atoms with E-state index in [4.69, 9.17) is 0 Å². The molecule has 108 valence electrons. The molecule has 2 heterocycles. The Morgan fingerprint density at radius 3 is 2.81 bits per heavy atom. The van der Waals surface area contributed by atoms with Gasteiger partial charge < -0.3 is 5.32 Å². The summed E-state index contributed by atoms with van der Waals surface area (Å²) in [6.07, 6.45) is 0.755. The molecule has 21 heavy (non-hydrogen) atoms. The number of hydrogen-bond donors (Lipinski definition) is 1. The van der Waals surface area contributed by atoms with Crippen LogP contribution in [-0.4, -0.2) is 31.7 Å². The first-order chi connectivity index (χ1) is 10.2. The van der Waals surface area contributed by atoms with Crippen LogP contribution in [0.5, 0.6) is 0 Å². The Morgan fingerprint density at radius 1 is 1.33 bits per heavy atom. The van der Waals surface area contributed by atoms with Crippen LogP contribution >= 0.6 is 11.8 Å². The molecule has 0 bridgehead atoms. The van der Waals surface area contributed by atoms with Crippen LogP contribution in [0.1, 0.15) is 19.7 Å². The van der Waals surface area contributed by atoms with Crippen molar-refractivity contribution in [3.8, 4) is 0 Å². The number of para-hydroxylation sites is 1. The van der Waals surface area contributed by atoms with Gasteiger partial charge in [-0.1, -0.05) is 36.9 Å². The van der Waals surface area contributed by atoms with E-state index in [1.807, 2.05) is 44.2 Å². The Labute approximate surface area is 126 Å². The largest absolute Gasteiger partial charge is 0.325 e. The molecule has 0 saturated carbocycles. The van der Waals surface area contributed by atoms with Gasteiger partial charge >= 0.3 is 0 Å². The summed E-state index contributed by atoms with van der Waals surface area (Å²) in [5.41, 5.74) is 1.52. The van der Waals surface area contributed by atoms with E-state index in [0.29, 0.717) is 5.16 Å². The third-order valence-corrected chi connectivity index (χ3v) is 4.39. The van der Waals surface area contributed by atoms with Gasteiger partial charge in [0.05, 0.1) is 5.71 Å². The highest BCUT2D eigenvalue weighted by atomic mass is 32.2. The smallest absolute Gasteiger partial charge is 0.243 e. The molecule has 1 N–H and O–H groups in total. The molecule has 0 aliphatic carbocycles. The second kappa shape index (κ2) is 5.69. The minimum Gasteiger partial charge on any atom is -0.325 e. The number of aromatic nitrogens is 3. The second-order valence-corrected chi connectivity index (χ2v) is 5.73. The summed E-state index contributed by atoms with van der Waals surface area (Å²) < 4.78 is 1.71. The first-order valence-corrected chi connectivity index (χ1v) is 7.59. The Balaban J connectivity index is 1.80. The van der Waals surface area contributed by atoms with E-state index in [1.165, 1.54) is 11.8 Å². The van der Waals surface area contributed by atoms with Gasteiger partial charge in [0.2, 0.25) is 11.1 Å². The van der Waals surface area contributed by atoms with Gasteiger partial charge in [0.25, 0.3) is 0 Å². The van der Waals surface area contributed by atoms with Crippen LogP contribution in [0.25, 0.3) is 0 Å². The first kappa shape index (κ1) is 13.8. The average Bonchev–Trinajstić information content (AvgIpc) is 2.89. The lowest BCUT2D eigenvalue weighted by molar-refractivity contribution is -0.114. The average molecular weight is 301 g/mol. The van der Waals surface area contributed by atoms with Crippen molar-refractivity contribution in [3.05, 3.63) is 36.2 Å². The summed E-state index contributed by atoms with van der Waals surface area (Å²) in [5, 5.41) is 15.8. The second-order valence-electron chi connectivity index (χ2n) is 4.66. The molecule has 0 spiro atoms. The first-order valence-electron chi connectivity index (χ1n) is 6.71. The SMILES string of the molecule is CCc1nnc2n1N=C(C)[C@H](C(=O)Nc1ccccc1)S2. The molecule has 1 aromatic heterocycles. The number of fused-ring (bicyclic) bond motifs is 1. The van der Waals surface area contributed by atoms with Gasteiger partial charge in [-0.15, -0.1) is 10.2 Å². The van der Waals surface area contributed by atoms with Gasteiger partial charge in [-0.3, -0.25) is 4.79 Å². The molecular formula is C14H15N5OS. The number of nitrogens with one attached hydrogen (secondary N) is 1. The van der Waals surface area contributed by atoms with Crippen LogP contribution in [-0.2, 0) is 11.2 Å². The third kappa shape index (κ3) is 2.69. The maximum atomic E-state index is 12.4. The quantitative estimate of drug-likeness (QED) is 0.943. The number of nitrogens with zero attached hydrogens (tertiary/aromatic N) is 4. The number of anilines is 1. The molecule has 3 rings (SSSR count). The fraction of sp³-hybridized carbons (Fsp3) is 0.286. The van der Waals surface area contributed by atoms with Crippen LogP contribution in [0.2, 0.25) is 0 Å². The Bertz CT molecular complexity index is 695. The van der Waals surface area contributed by atoms with Gasteiger partial charge in [-0.25, -0.2) is 0 Å². The van der Waals surface area contributed by atoms with Gasteiger partial charge in [-0.05, 0) is 19.1 Å². The summed E-state index contributed by atoms with van der Waals surface area (Å²) in [5.74, 6) is 0.707. The van der Waals surface area contributed by atoms with Gasteiger partial charge in [0.1, 0.15) is 5.25 Å². The Kier molecular flexibility index (Phi) is 3.74. The monoisotopic (exact) mass is 301 g/mol. The maximum absolute atomic E-state index is 12.4. The van der Waals surface area contributed by atoms with E-state index in [9.17, 15) is 4.79 Å². The van der Waals surface area contributed by atoms with Crippen molar-refractivity contribution in [2.75, 3.05) is 5.32 Å². The lowest BCUT2D eigenvalue weighted by atomic mass is 10.2. The predicted octanol–water partition coefficient (Wildman–Crippen LogP) is 2.18. The van der Waals surface area contributed by atoms with Crippen molar-refractivity contribution in [1.29, 1.82) is 0 Å². The molecule has 0 fully saturated rings. The molecule has 1 atom stereocenters. The zero-order valence-electron chi connectivity index (χ0n) is 11.8. The van der Waals surface area contributed by atoms with Crippen LogP contribution in [0.3, 0.4) is 0 Å². The van der Waals surface area contributed by atoms with Crippen LogP contribution in [0.15, 0.2) is 40.6 Å². The van der Waals surface area contributed by atoms with Gasteiger partial charge in [0.15, 0.2) is 5.82 Å². The molecule has 0 saturated heterocycles. The number of benzene rings is 1. The third-order valence-electron chi connectivity index (χ3n) is 3.13. The number of rotatable bonds is 3. The van der Waals surface area contributed by atoms with E-state index in [0.717, 1.165) is 23.6 Å². The lowest BCUT2D eigenvalue weighted by Gasteiger charge is -2.20. The van der Waals surface area contributed by atoms with Crippen LogP contribution < -0.4 is 5.32 Å². The van der Waals surface area contributed by atoms with E-state index >= 15 is 0 Å². The minimum absolute atomic E-state index is 0.0975. The summed E-state index contributed by atoms with van der Waals surface area (Å²) in [4.78, 5) is 12.4. The van der Waals surface area contributed by atoms with Crippen molar-refractivity contribution < 1.29 is 4.79 Å². The van der Waals surface area contributed by atoms with Crippen molar-refractivity contribution in [2.24, 2.45) is 5.10 Å². The molecule has 1 amide bonds. The van der Waals surface area contributed by atoms with E-state index in [-0.39, 0.29) is 11.2 Å². The number of aryl methyl sites for hydroxylation is 1. The van der Waals surface area contributed by atoms with Gasteiger partial charge in [0, 0.05) is 12.1 Å². The molecular weight excluding hydrogens is 286 g/mol. The van der Waals surface area contributed by atoms with Crippen molar-refractivity contribution >= 4 is 29.1 Å². The number of hydrogen-bond acceptors (Lipinski definition) is 5. The molecule has 7 heteroatoms. The number of thioether (sulfide) groups is 1. The lowest BCUT2D eigenvalue weighted by Crippen LogP contribution is -2.34. The summed E-state index contributed by atoms with van der Waals surface area (Å²) in [6.45, 7) is 3.85. The van der Waals surface area contributed by atoms with E-state index in [1.54, 1.807) is 4.68 Å². The number of carbonyl (C=O) groups is 1. The topological polar surface area (TPSA) is 72.2 Å². The zero-order chi connectivity index (χ0) is 14.8. The van der Waals surface area contributed by atoms with E-state index in [2.05, 4.69) is 20.6 Å². The zero-order valence-corrected chi connectivity index (χ0v) is 12.6. The van der Waals surface area contributed by atoms with Crippen molar-refractivity contribution in [2.45, 2.75) is 30.7 Å². The molecule has 0 radical (unpaired) electrons. The van der Waals surface area contributed by atoms with Gasteiger partial charge in [-0.2, -0.15) is 9.78 Å². The predicted molar refractivity (Wildman–Crippen MR) is 82.6 cm³/mol. The number of carbonyl (C=O) groups excluding carboxylic acids is 1. The Morgan fingerprint density at radius 2 is 2.10 bits per heavy atom. The standard InChI is InChI=1S/C14H15N5OS/c1-3-11-16-17-14-19(11)18-9(2)12(21-14)13(20)15-10-7-5-4-6-8-10/h4-8,12H,3H2,1-2H3,(H,15,20)/t12-/m1/s1. The van der Waals surface area contributed by atoms with Crippen LogP contribution in [0.4, 0.5) is 5.69 Å². The fourth-order valence-electron chi connectivity index (χ4n) is 2.06. The highest BCUT2D eigenvalue weighted by Gasteiger charge is 2.30. The Hall–Kier alpha value is -2.15. The van der Waals surface area contributed by atoms with Crippen LogP contribution in [0, 0.1) is 0 Å². The summed E-state index contributed by atoms with van der Waals surface area (Å²) >= 11 is 1.38. The summed E-state index contributed by atoms with van der Waals surface area (Å²) in [6, 6.07) is 9.39. The van der Waals surface area contributed by atoms with E-state index < -0.39 is 0 Å². The molecule has 1 aliphatic rings. The minimum atomic E-state index is -0.383. The highest BCUT2D eigenvalue weighted by molar-refractivity contribution is 8.01. The molecule has 0 unspecified atom stereocenters. The fourth-order valence-corrected chi connectivity index (χ4v) is 2.99. The normalized spacial score (nSPS) is 17.0.